The maximum Gasteiger partial charge on any atom is 0.0662 e. The Morgan fingerprint density at radius 1 is 0.733 bits per heavy atom. The van der Waals surface area contributed by atoms with Gasteiger partial charge in [0.25, 0.3) is 0 Å². The molecule has 0 unspecified atom stereocenters. The monoisotopic (exact) mass is 235 g/mol. The van der Waals surface area contributed by atoms with E-state index in [2.05, 4.69) is 0 Å². The van der Waals surface area contributed by atoms with Gasteiger partial charge in [-0.1, -0.05) is 36.4 Å². The number of nitrogens with zero attached hydrogens (tertiary/aromatic N) is 1. The molecule has 0 aromatic heterocycles. The molecule has 0 aliphatic heterocycles. The molecule has 0 amide bonds. The number of rotatable bonds is 3. The lowest BCUT2D eigenvalue weighted by Crippen LogP contribution is -2.03. The van der Waals surface area contributed by atoms with E-state index < -0.39 is 0 Å². The van der Waals surface area contributed by atoms with Gasteiger partial charge in [0, 0.05) is 0 Å². The zero-order valence-corrected chi connectivity index (χ0v) is 9.58. The van der Waals surface area contributed by atoms with Crippen molar-refractivity contribution in [1.82, 2.24) is 0 Å². The molecule has 0 saturated carbocycles. The van der Waals surface area contributed by atoms with Gasteiger partial charge in [-0.3, -0.25) is 4.31 Å². The first-order valence-corrected chi connectivity index (χ1v) is 6.21. The van der Waals surface area contributed by atoms with E-state index in [9.17, 15) is 0 Å². The number of halogens is 1. The van der Waals surface area contributed by atoms with Gasteiger partial charge in [-0.05, 0) is 34.9 Å². The summed E-state index contributed by atoms with van der Waals surface area (Å²) in [4.78, 5) is 0. The largest absolute Gasteiger partial charge is 0.271 e. The maximum absolute atomic E-state index is 5.88. The fourth-order valence-electron chi connectivity index (χ4n) is 1.36. The Morgan fingerprint density at radius 3 is 1.47 bits per heavy atom. The van der Waals surface area contributed by atoms with Crippen LogP contribution in [0.15, 0.2) is 60.7 Å². The molecular weight excluding hydrogens is 226 g/mol. The summed E-state index contributed by atoms with van der Waals surface area (Å²) in [6, 6.07) is 20.1. The van der Waals surface area contributed by atoms with Crippen molar-refractivity contribution >= 4 is 33.2 Å². The van der Waals surface area contributed by atoms with Gasteiger partial charge < -0.3 is 0 Å². The Labute approximate surface area is 98.3 Å². The molecule has 0 heterocycles. The molecule has 0 atom stereocenters. The highest BCUT2D eigenvalue weighted by molar-refractivity contribution is 8.22. The van der Waals surface area contributed by atoms with E-state index in [4.69, 9.17) is 10.7 Å². The summed E-state index contributed by atoms with van der Waals surface area (Å²) in [5.41, 5.74) is 2.15. The highest BCUT2D eigenvalue weighted by Crippen LogP contribution is 2.33. The predicted molar refractivity (Wildman–Crippen MR) is 68.5 cm³/mol. The van der Waals surface area contributed by atoms with E-state index in [0.717, 1.165) is 11.4 Å². The molecular formula is C12H10ClNS. The average molecular weight is 236 g/mol. The average Bonchev–Trinajstić information content (AvgIpc) is 2.33. The molecule has 0 aliphatic rings. The van der Waals surface area contributed by atoms with Crippen molar-refractivity contribution in [2.45, 2.75) is 0 Å². The highest BCUT2D eigenvalue weighted by Gasteiger charge is 2.07. The van der Waals surface area contributed by atoms with Gasteiger partial charge >= 0.3 is 0 Å². The summed E-state index contributed by atoms with van der Waals surface area (Å²) in [6.45, 7) is 0. The SMILES string of the molecule is ClSN(c1ccccc1)c1ccccc1. The number of hydrogen-bond donors (Lipinski definition) is 0. The van der Waals surface area contributed by atoms with Crippen molar-refractivity contribution in [1.29, 1.82) is 0 Å². The smallest absolute Gasteiger partial charge is 0.0662 e. The van der Waals surface area contributed by atoms with Crippen LogP contribution in [0.5, 0.6) is 0 Å². The van der Waals surface area contributed by atoms with Crippen molar-refractivity contribution in [3.05, 3.63) is 60.7 Å². The van der Waals surface area contributed by atoms with E-state index in [1.165, 1.54) is 11.2 Å². The first-order valence-electron chi connectivity index (χ1n) is 4.61. The van der Waals surface area contributed by atoms with Crippen LogP contribution in [0.1, 0.15) is 0 Å². The maximum atomic E-state index is 5.88. The molecule has 0 fully saturated rings. The standard InChI is InChI=1S/C12H10ClNS/c13-15-14(11-7-3-1-4-8-11)12-9-5-2-6-10-12/h1-10H. The lowest BCUT2D eigenvalue weighted by atomic mass is 10.3. The van der Waals surface area contributed by atoms with Crippen molar-refractivity contribution in [2.75, 3.05) is 4.31 Å². The molecule has 2 aromatic rings. The van der Waals surface area contributed by atoms with Crippen LogP contribution in [0, 0.1) is 0 Å². The second-order valence-corrected chi connectivity index (χ2v) is 3.95. The molecule has 15 heavy (non-hydrogen) atoms. The van der Waals surface area contributed by atoms with Gasteiger partial charge in [-0.25, -0.2) is 0 Å². The predicted octanol–water partition coefficient (Wildman–Crippen LogP) is 4.63. The normalized spacial score (nSPS) is 9.93. The van der Waals surface area contributed by atoms with E-state index in [-0.39, 0.29) is 0 Å². The van der Waals surface area contributed by atoms with E-state index in [1.807, 2.05) is 65.0 Å². The lowest BCUT2D eigenvalue weighted by molar-refractivity contribution is 1.44. The summed E-state index contributed by atoms with van der Waals surface area (Å²) in [5.74, 6) is 0. The highest BCUT2D eigenvalue weighted by atomic mass is 35.7. The van der Waals surface area contributed by atoms with E-state index in [1.54, 1.807) is 0 Å². The van der Waals surface area contributed by atoms with Crippen LogP contribution in [-0.4, -0.2) is 0 Å². The molecule has 0 aliphatic carbocycles. The Morgan fingerprint density at radius 2 is 1.13 bits per heavy atom. The quantitative estimate of drug-likeness (QED) is 0.714. The van der Waals surface area contributed by atoms with Gasteiger partial charge in [-0.15, -0.1) is 0 Å². The third kappa shape index (κ3) is 2.46. The van der Waals surface area contributed by atoms with Gasteiger partial charge in [-0.2, -0.15) is 0 Å². The minimum absolute atomic E-state index is 1.07. The minimum Gasteiger partial charge on any atom is -0.271 e. The van der Waals surface area contributed by atoms with Crippen LogP contribution < -0.4 is 4.31 Å². The van der Waals surface area contributed by atoms with Crippen molar-refractivity contribution in [3.8, 4) is 0 Å². The van der Waals surface area contributed by atoms with Crippen molar-refractivity contribution < 1.29 is 0 Å². The molecule has 0 N–H and O–H groups in total. The number of benzene rings is 2. The van der Waals surface area contributed by atoms with Crippen LogP contribution in [0.2, 0.25) is 0 Å². The Bertz CT molecular complexity index is 365. The van der Waals surface area contributed by atoms with Gasteiger partial charge in [0.2, 0.25) is 0 Å². The molecule has 3 heteroatoms. The van der Waals surface area contributed by atoms with Crippen LogP contribution in [0.3, 0.4) is 0 Å². The first-order chi connectivity index (χ1) is 7.42. The van der Waals surface area contributed by atoms with Gasteiger partial charge in [0.1, 0.15) is 0 Å². The number of anilines is 2. The lowest BCUT2D eigenvalue weighted by Gasteiger charge is -2.19. The topological polar surface area (TPSA) is 3.24 Å². The van der Waals surface area contributed by atoms with Crippen LogP contribution in [0.4, 0.5) is 11.4 Å². The fourth-order valence-corrected chi connectivity index (χ4v) is 2.24. The molecule has 0 bridgehead atoms. The third-order valence-corrected chi connectivity index (χ3v) is 3.02. The zero-order chi connectivity index (χ0) is 10.5. The van der Waals surface area contributed by atoms with Crippen LogP contribution >= 0.6 is 21.8 Å². The summed E-state index contributed by atoms with van der Waals surface area (Å²) < 4.78 is 1.97. The van der Waals surface area contributed by atoms with Crippen LogP contribution in [0.25, 0.3) is 0 Å². The second kappa shape index (κ2) is 5.10. The van der Waals surface area contributed by atoms with E-state index in [0.29, 0.717) is 0 Å². The van der Waals surface area contributed by atoms with Gasteiger partial charge in [0.05, 0.1) is 22.5 Å². The molecule has 2 aromatic carbocycles. The van der Waals surface area contributed by atoms with E-state index >= 15 is 0 Å². The zero-order valence-electron chi connectivity index (χ0n) is 8.01. The van der Waals surface area contributed by atoms with Crippen molar-refractivity contribution in [2.24, 2.45) is 0 Å². The summed E-state index contributed by atoms with van der Waals surface area (Å²) >= 11 is 1.18. The Balaban J connectivity index is 2.34. The molecule has 76 valence electrons. The molecule has 0 saturated heterocycles. The summed E-state index contributed by atoms with van der Waals surface area (Å²) in [5, 5.41) is 0. The number of hydrogen-bond acceptors (Lipinski definition) is 2. The molecule has 0 radical (unpaired) electrons. The first kappa shape index (κ1) is 10.4. The Hall–Kier alpha value is -1.12. The minimum atomic E-state index is 1.07. The molecule has 2 rings (SSSR count). The molecule has 1 nitrogen and oxygen atoms in total. The third-order valence-electron chi connectivity index (χ3n) is 2.05. The second-order valence-electron chi connectivity index (χ2n) is 3.03. The van der Waals surface area contributed by atoms with Crippen LogP contribution in [-0.2, 0) is 0 Å². The summed E-state index contributed by atoms with van der Waals surface area (Å²) in [7, 11) is 5.88. The fraction of sp³-hybridized carbons (Fsp3) is 0. The number of para-hydroxylation sites is 2. The Kier molecular flexibility index (Phi) is 3.54. The van der Waals surface area contributed by atoms with Gasteiger partial charge in [0.15, 0.2) is 0 Å². The summed E-state index contributed by atoms with van der Waals surface area (Å²) in [6.07, 6.45) is 0. The van der Waals surface area contributed by atoms with Crippen molar-refractivity contribution in [3.63, 3.8) is 0 Å². The molecule has 0 spiro atoms.